The highest BCUT2D eigenvalue weighted by atomic mass is 16.1. The molecule has 1 aromatic heterocycles. The molecular formula is C21H26N4O. The van der Waals surface area contributed by atoms with E-state index in [1.54, 1.807) is 0 Å². The maximum Gasteiger partial charge on any atom is 0.323 e. The lowest BCUT2D eigenvalue weighted by Gasteiger charge is -2.35. The maximum absolute atomic E-state index is 11.4. The van der Waals surface area contributed by atoms with Crippen molar-refractivity contribution in [2.45, 2.75) is 38.4 Å². The van der Waals surface area contributed by atoms with Crippen LogP contribution >= 0.6 is 0 Å². The summed E-state index contributed by atoms with van der Waals surface area (Å²) in [6.07, 6.45) is 2.43. The first-order chi connectivity index (χ1) is 12.7. The lowest BCUT2D eigenvalue weighted by atomic mass is 10.0. The first-order valence-corrected chi connectivity index (χ1v) is 9.41. The van der Waals surface area contributed by atoms with Crippen molar-refractivity contribution in [3.63, 3.8) is 0 Å². The molecule has 2 atom stereocenters. The molecule has 2 unspecified atom stereocenters. The van der Waals surface area contributed by atoms with E-state index in [2.05, 4.69) is 69.6 Å². The Morgan fingerprint density at radius 3 is 2.81 bits per heavy atom. The number of piperidine rings is 1. The third kappa shape index (κ3) is 3.89. The van der Waals surface area contributed by atoms with E-state index in [4.69, 9.17) is 0 Å². The van der Waals surface area contributed by atoms with Gasteiger partial charge >= 0.3 is 5.69 Å². The highest BCUT2D eigenvalue weighted by Gasteiger charge is 2.21. The Morgan fingerprint density at radius 1 is 1.15 bits per heavy atom. The summed E-state index contributed by atoms with van der Waals surface area (Å²) >= 11 is 0. The van der Waals surface area contributed by atoms with Crippen LogP contribution in [0.5, 0.6) is 0 Å². The van der Waals surface area contributed by atoms with Gasteiger partial charge in [0.1, 0.15) is 0 Å². The van der Waals surface area contributed by atoms with Gasteiger partial charge in [-0.1, -0.05) is 36.4 Å². The quantitative estimate of drug-likeness (QED) is 0.662. The molecule has 3 N–H and O–H groups in total. The van der Waals surface area contributed by atoms with Gasteiger partial charge in [0.05, 0.1) is 11.0 Å². The Bertz CT molecular complexity index is 914. The number of hydrogen-bond donors (Lipinski definition) is 3. The number of hydrogen-bond acceptors (Lipinski definition) is 3. The lowest BCUT2D eigenvalue weighted by Crippen LogP contribution is -2.46. The number of fused-ring (bicyclic) bond motifs is 1. The molecule has 5 heteroatoms. The van der Waals surface area contributed by atoms with Gasteiger partial charge in [-0.2, -0.15) is 0 Å². The number of aromatic nitrogens is 2. The average Bonchev–Trinajstić information content (AvgIpc) is 3.02. The van der Waals surface area contributed by atoms with E-state index >= 15 is 0 Å². The Morgan fingerprint density at radius 2 is 1.96 bits per heavy atom. The molecule has 0 saturated carbocycles. The van der Waals surface area contributed by atoms with Gasteiger partial charge in [0.15, 0.2) is 0 Å². The second-order valence-corrected chi connectivity index (χ2v) is 7.33. The van der Waals surface area contributed by atoms with Gasteiger partial charge in [-0.05, 0) is 49.6 Å². The van der Waals surface area contributed by atoms with Crippen LogP contribution in [0.2, 0.25) is 0 Å². The van der Waals surface area contributed by atoms with Gasteiger partial charge in [-0.15, -0.1) is 0 Å². The zero-order valence-electron chi connectivity index (χ0n) is 15.2. The van der Waals surface area contributed by atoms with Crippen LogP contribution in [-0.4, -0.2) is 34.0 Å². The summed E-state index contributed by atoms with van der Waals surface area (Å²) in [6.45, 7) is 5.45. The largest absolute Gasteiger partial charge is 0.323 e. The molecular weight excluding hydrogens is 324 g/mol. The molecule has 0 radical (unpaired) electrons. The van der Waals surface area contributed by atoms with Crippen molar-refractivity contribution < 1.29 is 0 Å². The monoisotopic (exact) mass is 350 g/mol. The Kier molecular flexibility index (Phi) is 4.91. The predicted molar refractivity (Wildman–Crippen MR) is 105 cm³/mol. The number of nitrogens with one attached hydrogen (secondary N) is 3. The van der Waals surface area contributed by atoms with Crippen molar-refractivity contribution >= 4 is 11.0 Å². The number of benzene rings is 2. The summed E-state index contributed by atoms with van der Waals surface area (Å²) in [5, 5.41) is 3.78. The van der Waals surface area contributed by atoms with Gasteiger partial charge in [0, 0.05) is 25.2 Å². The van der Waals surface area contributed by atoms with Crippen LogP contribution in [0, 0.1) is 0 Å². The van der Waals surface area contributed by atoms with Gasteiger partial charge in [-0.3, -0.25) is 4.90 Å². The van der Waals surface area contributed by atoms with Crippen LogP contribution in [0.4, 0.5) is 0 Å². The highest BCUT2D eigenvalue weighted by molar-refractivity contribution is 5.75. The molecule has 136 valence electrons. The minimum absolute atomic E-state index is 0.151. The maximum atomic E-state index is 11.4. The minimum Gasteiger partial charge on any atom is -0.306 e. The van der Waals surface area contributed by atoms with Crippen molar-refractivity contribution in [1.29, 1.82) is 0 Å². The molecule has 5 nitrogen and oxygen atoms in total. The molecule has 1 aliphatic rings. The summed E-state index contributed by atoms with van der Waals surface area (Å²) in [4.78, 5) is 19.6. The third-order valence-electron chi connectivity index (χ3n) is 5.28. The number of aromatic amines is 2. The molecule has 0 bridgehead atoms. The van der Waals surface area contributed by atoms with Gasteiger partial charge in [0.25, 0.3) is 0 Å². The van der Waals surface area contributed by atoms with Crippen molar-refractivity contribution in [2.75, 3.05) is 13.1 Å². The first kappa shape index (κ1) is 17.1. The first-order valence-electron chi connectivity index (χ1n) is 9.41. The van der Waals surface area contributed by atoms with Crippen LogP contribution in [-0.2, 0) is 6.54 Å². The standard InChI is InChI=1S/C21H26N4O/c1-15(17-9-10-19-20(12-17)24-21(26)23-19)22-18-8-5-11-25(14-18)13-16-6-3-2-4-7-16/h2-4,6-7,9-10,12,15,18,22H,5,8,11,13-14H2,1H3,(H2,23,24,26). The van der Waals surface area contributed by atoms with Gasteiger partial charge in [-0.25, -0.2) is 4.79 Å². The number of imidazole rings is 1. The topological polar surface area (TPSA) is 63.9 Å². The molecule has 0 spiro atoms. The fourth-order valence-electron chi connectivity index (χ4n) is 3.95. The Labute approximate surface area is 153 Å². The van der Waals surface area contributed by atoms with E-state index in [1.807, 2.05) is 6.07 Å². The number of rotatable bonds is 5. The molecule has 2 aromatic carbocycles. The molecule has 1 fully saturated rings. The van der Waals surface area contributed by atoms with E-state index in [-0.39, 0.29) is 11.7 Å². The van der Waals surface area contributed by atoms with E-state index in [0.717, 1.165) is 30.7 Å². The molecule has 1 aliphatic heterocycles. The van der Waals surface area contributed by atoms with Gasteiger partial charge < -0.3 is 15.3 Å². The van der Waals surface area contributed by atoms with Crippen LogP contribution in [0.15, 0.2) is 53.3 Å². The Hall–Kier alpha value is -2.37. The molecule has 0 aliphatic carbocycles. The minimum atomic E-state index is -0.151. The smallest absolute Gasteiger partial charge is 0.306 e. The number of likely N-dealkylation sites (tertiary alicyclic amines) is 1. The zero-order valence-corrected chi connectivity index (χ0v) is 15.2. The second-order valence-electron chi connectivity index (χ2n) is 7.33. The van der Waals surface area contributed by atoms with Crippen molar-refractivity contribution in [3.05, 3.63) is 70.1 Å². The molecule has 2 heterocycles. The van der Waals surface area contributed by atoms with Crippen LogP contribution in [0.1, 0.15) is 36.9 Å². The molecule has 4 rings (SSSR count). The normalized spacial score (nSPS) is 19.7. The zero-order chi connectivity index (χ0) is 17.9. The number of H-pyrrole nitrogens is 2. The summed E-state index contributed by atoms with van der Waals surface area (Å²) in [6, 6.07) is 17.6. The molecule has 1 saturated heterocycles. The lowest BCUT2D eigenvalue weighted by molar-refractivity contribution is 0.177. The highest BCUT2D eigenvalue weighted by Crippen LogP contribution is 2.20. The SMILES string of the molecule is CC(NC1CCCN(Cc2ccccc2)C1)c1ccc2[nH]c(=O)[nH]c2c1. The average molecular weight is 350 g/mol. The van der Waals surface area contributed by atoms with E-state index < -0.39 is 0 Å². The van der Waals surface area contributed by atoms with E-state index in [0.29, 0.717) is 6.04 Å². The van der Waals surface area contributed by atoms with E-state index in [1.165, 1.54) is 24.0 Å². The summed E-state index contributed by atoms with van der Waals surface area (Å²) in [5.41, 5.74) is 4.16. The Balaban J connectivity index is 1.39. The van der Waals surface area contributed by atoms with Crippen molar-refractivity contribution in [2.24, 2.45) is 0 Å². The second kappa shape index (κ2) is 7.48. The molecule has 26 heavy (non-hydrogen) atoms. The molecule has 0 amide bonds. The van der Waals surface area contributed by atoms with Gasteiger partial charge in [0.2, 0.25) is 0 Å². The summed E-state index contributed by atoms with van der Waals surface area (Å²) < 4.78 is 0. The summed E-state index contributed by atoms with van der Waals surface area (Å²) in [5.74, 6) is 0. The summed E-state index contributed by atoms with van der Waals surface area (Å²) in [7, 11) is 0. The molecule has 3 aromatic rings. The van der Waals surface area contributed by atoms with Crippen LogP contribution < -0.4 is 11.0 Å². The van der Waals surface area contributed by atoms with Crippen molar-refractivity contribution in [3.8, 4) is 0 Å². The number of nitrogens with zero attached hydrogens (tertiary/aromatic N) is 1. The predicted octanol–water partition coefficient (Wildman–Crippen LogP) is 3.17. The van der Waals surface area contributed by atoms with Crippen LogP contribution in [0.25, 0.3) is 11.0 Å². The fraction of sp³-hybridized carbons (Fsp3) is 0.381. The van der Waals surface area contributed by atoms with Crippen LogP contribution in [0.3, 0.4) is 0 Å². The fourth-order valence-corrected chi connectivity index (χ4v) is 3.95. The van der Waals surface area contributed by atoms with Crippen molar-refractivity contribution in [1.82, 2.24) is 20.2 Å². The third-order valence-corrected chi connectivity index (χ3v) is 5.28. The van der Waals surface area contributed by atoms with E-state index in [9.17, 15) is 4.79 Å².